The summed E-state index contributed by atoms with van der Waals surface area (Å²) in [7, 11) is 0. The number of amides is 1. The van der Waals surface area contributed by atoms with Gasteiger partial charge in [0.05, 0.1) is 5.56 Å². The fourth-order valence-electron chi connectivity index (χ4n) is 2.63. The lowest BCUT2D eigenvalue weighted by Crippen LogP contribution is -2.30. The van der Waals surface area contributed by atoms with Gasteiger partial charge in [0.1, 0.15) is 0 Å². The molecule has 0 aliphatic heterocycles. The summed E-state index contributed by atoms with van der Waals surface area (Å²) in [4.78, 5) is 39.7. The third-order valence-electron chi connectivity index (χ3n) is 4.02. The average Bonchev–Trinajstić information content (AvgIpc) is 2.70. The number of para-hydroxylation sites is 1. The molecule has 0 fully saturated rings. The van der Waals surface area contributed by atoms with E-state index in [0.29, 0.717) is 23.2 Å². The molecule has 0 atom stereocenters. The number of H-pyrrole nitrogens is 1. The fraction of sp³-hybridized carbons (Fsp3) is 0.190. The van der Waals surface area contributed by atoms with Crippen molar-refractivity contribution in [1.82, 2.24) is 10.3 Å². The molecule has 3 aromatic rings. The summed E-state index contributed by atoms with van der Waals surface area (Å²) < 4.78 is 5.07. The van der Waals surface area contributed by atoms with Gasteiger partial charge < -0.3 is 15.0 Å². The second-order valence-electron chi connectivity index (χ2n) is 6.18. The second-order valence-corrected chi connectivity index (χ2v) is 7.35. The van der Waals surface area contributed by atoms with E-state index >= 15 is 0 Å². The summed E-state index contributed by atoms with van der Waals surface area (Å²) in [6.45, 7) is 2.10. The molecule has 3 rings (SSSR count). The molecular formula is C21H20N2O4S. The number of aryl methyl sites for hydroxylation is 1. The number of hydrogen-bond donors (Lipinski definition) is 2. The van der Waals surface area contributed by atoms with Gasteiger partial charge in [-0.3, -0.25) is 9.59 Å². The lowest BCUT2D eigenvalue weighted by atomic mass is 10.1. The van der Waals surface area contributed by atoms with Gasteiger partial charge in [0.15, 0.2) is 6.61 Å². The molecule has 28 heavy (non-hydrogen) atoms. The summed E-state index contributed by atoms with van der Waals surface area (Å²) in [5.74, 6) is -0.375. The molecule has 0 aliphatic rings. The largest absolute Gasteiger partial charge is 0.452 e. The van der Waals surface area contributed by atoms with Gasteiger partial charge in [0.25, 0.3) is 5.91 Å². The van der Waals surface area contributed by atoms with Crippen LogP contribution in [0, 0.1) is 6.92 Å². The minimum Gasteiger partial charge on any atom is -0.452 e. The predicted molar refractivity (Wildman–Crippen MR) is 110 cm³/mol. The number of ether oxygens (including phenoxy) is 1. The van der Waals surface area contributed by atoms with Crippen molar-refractivity contribution in [1.29, 1.82) is 0 Å². The molecule has 0 bridgehead atoms. The zero-order valence-electron chi connectivity index (χ0n) is 15.4. The van der Waals surface area contributed by atoms with Crippen LogP contribution in [0.1, 0.15) is 15.9 Å². The third-order valence-corrected chi connectivity index (χ3v) is 5.03. The number of thioether (sulfide) groups is 1. The van der Waals surface area contributed by atoms with Crippen LogP contribution < -0.4 is 10.9 Å². The molecular weight excluding hydrogens is 376 g/mol. The number of carbonyl (C=O) groups excluding carboxylic acids is 2. The Morgan fingerprint density at radius 3 is 2.64 bits per heavy atom. The van der Waals surface area contributed by atoms with Crippen molar-refractivity contribution in [2.45, 2.75) is 11.8 Å². The highest BCUT2D eigenvalue weighted by Gasteiger charge is 2.14. The van der Waals surface area contributed by atoms with Crippen molar-refractivity contribution in [3.63, 3.8) is 0 Å². The summed E-state index contributed by atoms with van der Waals surface area (Å²) in [6, 6.07) is 16.3. The molecule has 1 aromatic heterocycles. The molecule has 0 aliphatic carbocycles. The first-order valence-electron chi connectivity index (χ1n) is 8.78. The number of fused-ring (bicyclic) bond motifs is 1. The summed E-state index contributed by atoms with van der Waals surface area (Å²) in [5, 5.41) is 3.29. The van der Waals surface area contributed by atoms with E-state index in [0.717, 1.165) is 4.90 Å². The van der Waals surface area contributed by atoms with Crippen LogP contribution in [0.4, 0.5) is 0 Å². The molecule has 144 valence electrons. The second kappa shape index (κ2) is 9.23. The summed E-state index contributed by atoms with van der Waals surface area (Å²) >= 11 is 1.63. The minimum absolute atomic E-state index is 0.141. The minimum atomic E-state index is -0.702. The number of pyridine rings is 1. The van der Waals surface area contributed by atoms with Gasteiger partial charge in [-0.2, -0.15) is 0 Å². The topological polar surface area (TPSA) is 88.3 Å². The van der Waals surface area contributed by atoms with E-state index < -0.39 is 18.1 Å². The molecule has 0 spiro atoms. The van der Waals surface area contributed by atoms with E-state index in [-0.39, 0.29) is 11.5 Å². The molecule has 7 heteroatoms. The summed E-state index contributed by atoms with van der Waals surface area (Å²) in [5.41, 5.74) is 1.48. The number of carbonyl (C=O) groups is 2. The van der Waals surface area contributed by atoms with Crippen LogP contribution in [0.5, 0.6) is 0 Å². The van der Waals surface area contributed by atoms with Crippen molar-refractivity contribution in [3.8, 4) is 0 Å². The number of aromatic amines is 1. The Labute approximate surface area is 166 Å². The van der Waals surface area contributed by atoms with Crippen LogP contribution in [-0.2, 0) is 9.53 Å². The normalized spacial score (nSPS) is 10.6. The predicted octanol–water partition coefficient (Wildman–Crippen LogP) is 2.90. The smallest absolute Gasteiger partial charge is 0.339 e. The molecule has 6 nitrogen and oxygen atoms in total. The van der Waals surface area contributed by atoms with Gasteiger partial charge in [-0.1, -0.05) is 35.9 Å². The van der Waals surface area contributed by atoms with Crippen LogP contribution >= 0.6 is 11.8 Å². The number of aromatic nitrogens is 1. The number of hydrogen-bond acceptors (Lipinski definition) is 5. The van der Waals surface area contributed by atoms with Crippen molar-refractivity contribution in [3.05, 3.63) is 76.1 Å². The Morgan fingerprint density at radius 2 is 1.86 bits per heavy atom. The fourth-order valence-corrected chi connectivity index (χ4v) is 3.40. The van der Waals surface area contributed by atoms with E-state index in [1.165, 1.54) is 11.6 Å². The van der Waals surface area contributed by atoms with E-state index in [1.54, 1.807) is 36.0 Å². The Hall–Kier alpha value is -3.06. The quantitative estimate of drug-likeness (QED) is 0.364. The van der Waals surface area contributed by atoms with Gasteiger partial charge in [0, 0.05) is 34.2 Å². The molecule has 1 amide bonds. The summed E-state index contributed by atoms with van der Waals surface area (Å²) in [6.07, 6.45) is 0. The monoisotopic (exact) mass is 396 g/mol. The number of esters is 1. The van der Waals surface area contributed by atoms with E-state index in [2.05, 4.69) is 10.3 Å². The molecule has 2 N–H and O–H groups in total. The zero-order chi connectivity index (χ0) is 19.9. The maximum Gasteiger partial charge on any atom is 0.339 e. The van der Waals surface area contributed by atoms with Crippen molar-refractivity contribution in [2.24, 2.45) is 0 Å². The first kappa shape index (κ1) is 19.7. The van der Waals surface area contributed by atoms with Crippen molar-refractivity contribution in [2.75, 3.05) is 18.9 Å². The van der Waals surface area contributed by atoms with Crippen molar-refractivity contribution < 1.29 is 14.3 Å². The highest BCUT2D eigenvalue weighted by molar-refractivity contribution is 7.99. The van der Waals surface area contributed by atoms with Crippen LogP contribution in [-0.4, -0.2) is 35.8 Å². The number of nitrogens with one attached hydrogen (secondary N) is 2. The molecule has 2 aromatic carbocycles. The maximum atomic E-state index is 12.3. The number of benzene rings is 2. The van der Waals surface area contributed by atoms with Crippen molar-refractivity contribution >= 4 is 34.5 Å². The standard InChI is InChI=1S/C21H20N2O4S/c1-14-6-8-15(9-7-14)28-11-10-22-20(25)13-27-21(26)17-12-19(24)23-18-5-3-2-4-16(17)18/h2-9,12H,10-11,13H2,1H3,(H,22,25)(H,23,24). The molecule has 0 radical (unpaired) electrons. The van der Waals surface area contributed by atoms with Gasteiger partial charge >= 0.3 is 5.97 Å². The van der Waals surface area contributed by atoms with Crippen LogP contribution in [0.15, 0.2) is 64.3 Å². The van der Waals surface area contributed by atoms with Crippen LogP contribution in [0.25, 0.3) is 10.9 Å². The molecule has 0 unspecified atom stereocenters. The SMILES string of the molecule is Cc1ccc(SCCNC(=O)COC(=O)c2cc(=O)[nH]c3ccccc23)cc1. The Bertz CT molecular complexity index is 1040. The van der Waals surface area contributed by atoms with E-state index in [9.17, 15) is 14.4 Å². The Morgan fingerprint density at radius 1 is 1.11 bits per heavy atom. The first-order valence-corrected chi connectivity index (χ1v) is 9.77. The Kier molecular flexibility index (Phi) is 6.49. The van der Waals surface area contributed by atoms with Gasteiger partial charge in [0.2, 0.25) is 5.56 Å². The van der Waals surface area contributed by atoms with Crippen LogP contribution in [0.3, 0.4) is 0 Å². The average molecular weight is 396 g/mol. The molecule has 0 saturated carbocycles. The van der Waals surface area contributed by atoms with Crippen LogP contribution in [0.2, 0.25) is 0 Å². The van der Waals surface area contributed by atoms with Gasteiger partial charge in [-0.25, -0.2) is 4.79 Å². The number of rotatable bonds is 7. The highest BCUT2D eigenvalue weighted by atomic mass is 32.2. The van der Waals surface area contributed by atoms with Gasteiger partial charge in [-0.05, 0) is 25.1 Å². The Balaban J connectivity index is 1.47. The van der Waals surface area contributed by atoms with Gasteiger partial charge in [-0.15, -0.1) is 11.8 Å². The lowest BCUT2D eigenvalue weighted by molar-refractivity contribution is -0.124. The molecule has 0 saturated heterocycles. The first-order chi connectivity index (χ1) is 13.5. The lowest BCUT2D eigenvalue weighted by Gasteiger charge is -2.08. The zero-order valence-corrected chi connectivity index (χ0v) is 16.2. The maximum absolute atomic E-state index is 12.3. The molecule has 1 heterocycles. The third kappa shape index (κ3) is 5.23. The van der Waals surface area contributed by atoms with E-state index in [1.807, 2.05) is 31.2 Å². The van der Waals surface area contributed by atoms with E-state index in [4.69, 9.17) is 4.74 Å². The highest BCUT2D eigenvalue weighted by Crippen LogP contribution is 2.17.